The van der Waals surface area contributed by atoms with Crippen molar-refractivity contribution in [1.29, 1.82) is 0 Å². The fourth-order valence-electron chi connectivity index (χ4n) is 4.51. The molecule has 11 heteroatoms. The van der Waals surface area contributed by atoms with E-state index in [1.54, 1.807) is 12.2 Å². The third-order valence-corrected chi connectivity index (χ3v) is 5.82. The number of halogens is 6. The van der Waals surface area contributed by atoms with Crippen molar-refractivity contribution in [2.45, 2.75) is 18.8 Å². The summed E-state index contributed by atoms with van der Waals surface area (Å²) in [5.74, 6) is -5.74. The minimum Gasteiger partial charge on any atom is -0.286 e. The Morgan fingerprint density at radius 1 is 1.00 bits per heavy atom. The third kappa shape index (κ3) is 3.16. The lowest BCUT2D eigenvalue weighted by Gasteiger charge is -2.29. The Balaban J connectivity index is 1.68. The van der Waals surface area contributed by atoms with E-state index in [4.69, 9.17) is 0 Å². The monoisotopic (exact) mass is 432 g/mol. The van der Waals surface area contributed by atoms with Crippen molar-refractivity contribution in [3.63, 3.8) is 0 Å². The average molecular weight is 432 g/mol. The molecule has 0 spiro atoms. The van der Waals surface area contributed by atoms with Crippen molar-refractivity contribution in [2.24, 2.45) is 23.7 Å². The summed E-state index contributed by atoms with van der Waals surface area (Å²) in [6, 6.07) is 2.75. The van der Waals surface area contributed by atoms with Crippen LogP contribution in [0.5, 0.6) is 0 Å². The van der Waals surface area contributed by atoms with Crippen LogP contribution in [0.25, 0.3) is 0 Å². The van der Waals surface area contributed by atoms with E-state index in [2.05, 4.69) is 0 Å². The predicted molar refractivity (Wildman–Crippen MR) is 89.4 cm³/mol. The SMILES string of the molecule is O=C1[C@@H]2[C@@H](C(=O)N1CN(C(=O)C(F)(F)F)c1cccc(C(F)(F)F)c1)[C@@H]1C=C[C@@H]2C1. The van der Waals surface area contributed by atoms with Crippen LogP contribution in [0.15, 0.2) is 36.4 Å². The van der Waals surface area contributed by atoms with E-state index >= 15 is 0 Å². The maximum absolute atomic E-state index is 13.1. The van der Waals surface area contributed by atoms with E-state index in [0.717, 1.165) is 12.1 Å². The number of allylic oxidation sites excluding steroid dienone is 2. The van der Waals surface area contributed by atoms with E-state index < -0.39 is 59.8 Å². The van der Waals surface area contributed by atoms with Gasteiger partial charge in [-0.3, -0.25) is 24.2 Å². The summed E-state index contributed by atoms with van der Waals surface area (Å²) >= 11 is 0. The maximum atomic E-state index is 13.1. The Bertz CT molecular complexity index is 924. The molecular formula is C19H14F6N2O3. The molecule has 0 N–H and O–H groups in total. The zero-order valence-electron chi connectivity index (χ0n) is 15.1. The fraction of sp³-hybridized carbons (Fsp3) is 0.421. The quantitative estimate of drug-likeness (QED) is 0.418. The van der Waals surface area contributed by atoms with Gasteiger partial charge in [0, 0.05) is 5.69 Å². The first-order valence-electron chi connectivity index (χ1n) is 8.99. The number of amides is 3. The number of carbonyl (C=O) groups is 3. The summed E-state index contributed by atoms with van der Waals surface area (Å²) in [6.45, 7) is -1.11. The summed E-state index contributed by atoms with van der Waals surface area (Å²) < 4.78 is 78.4. The van der Waals surface area contributed by atoms with Gasteiger partial charge in [0.1, 0.15) is 6.67 Å². The molecule has 1 aliphatic heterocycles. The largest absolute Gasteiger partial charge is 0.471 e. The Morgan fingerprint density at radius 3 is 2.07 bits per heavy atom. The van der Waals surface area contributed by atoms with E-state index in [1.165, 1.54) is 0 Å². The number of anilines is 1. The molecule has 1 aromatic carbocycles. The number of rotatable bonds is 3. The fourth-order valence-corrected chi connectivity index (χ4v) is 4.51. The molecule has 2 bridgehead atoms. The van der Waals surface area contributed by atoms with Crippen LogP contribution < -0.4 is 4.90 Å². The van der Waals surface area contributed by atoms with Gasteiger partial charge in [0.05, 0.1) is 17.4 Å². The van der Waals surface area contributed by atoms with E-state index in [9.17, 15) is 40.7 Å². The van der Waals surface area contributed by atoms with Gasteiger partial charge in [-0.15, -0.1) is 0 Å². The summed E-state index contributed by atoms with van der Waals surface area (Å²) in [6.07, 6.45) is -6.11. The van der Waals surface area contributed by atoms with Gasteiger partial charge in [-0.2, -0.15) is 26.3 Å². The van der Waals surface area contributed by atoms with Gasteiger partial charge in [-0.1, -0.05) is 18.2 Å². The molecule has 2 aliphatic carbocycles. The normalized spacial score (nSPS) is 27.7. The summed E-state index contributed by atoms with van der Waals surface area (Å²) in [7, 11) is 0. The Hall–Kier alpha value is -2.85. The second-order valence-electron chi connectivity index (χ2n) is 7.52. The van der Waals surface area contributed by atoms with Crippen LogP contribution >= 0.6 is 0 Å². The number of carbonyl (C=O) groups excluding carboxylic acids is 3. The number of fused-ring (bicyclic) bond motifs is 5. The third-order valence-electron chi connectivity index (χ3n) is 5.82. The number of benzene rings is 1. The molecular weight excluding hydrogens is 418 g/mol. The van der Waals surface area contributed by atoms with Crippen molar-refractivity contribution >= 4 is 23.4 Å². The van der Waals surface area contributed by atoms with E-state index in [-0.39, 0.29) is 16.7 Å². The first-order valence-corrected chi connectivity index (χ1v) is 8.99. The molecule has 30 heavy (non-hydrogen) atoms. The molecule has 0 radical (unpaired) electrons. The second-order valence-corrected chi connectivity index (χ2v) is 7.52. The van der Waals surface area contributed by atoms with E-state index in [0.29, 0.717) is 23.5 Å². The van der Waals surface area contributed by atoms with Gasteiger partial charge >= 0.3 is 18.3 Å². The molecule has 1 heterocycles. The molecule has 1 saturated carbocycles. The average Bonchev–Trinajstić information content (AvgIpc) is 3.33. The van der Waals surface area contributed by atoms with Gasteiger partial charge in [0.2, 0.25) is 11.8 Å². The smallest absolute Gasteiger partial charge is 0.286 e. The van der Waals surface area contributed by atoms with Crippen LogP contribution in [-0.2, 0) is 20.6 Å². The van der Waals surface area contributed by atoms with Crippen LogP contribution in [0, 0.1) is 23.7 Å². The van der Waals surface area contributed by atoms with Crippen molar-refractivity contribution in [1.82, 2.24) is 4.90 Å². The van der Waals surface area contributed by atoms with Crippen LogP contribution in [0.1, 0.15) is 12.0 Å². The van der Waals surface area contributed by atoms with Gasteiger partial charge in [-0.05, 0) is 36.5 Å². The number of hydrogen-bond donors (Lipinski definition) is 0. The first-order chi connectivity index (χ1) is 13.9. The molecule has 0 unspecified atom stereocenters. The number of nitrogens with zero attached hydrogens (tertiary/aromatic N) is 2. The highest BCUT2D eigenvalue weighted by Gasteiger charge is 2.60. The lowest BCUT2D eigenvalue weighted by molar-refractivity contribution is -0.171. The zero-order valence-corrected chi connectivity index (χ0v) is 15.1. The molecule has 160 valence electrons. The number of alkyl halides is 6. The molecule has 3 amide bonds. The lowest BCUT2D eigenvalue weighted by atomic mass is 9.85. The van der Waals surface area contributed by atoms with Gasteiger partial charge in [-0.25, -0.2) is 0 Å². The van der Waals surface area contributed by atoms with Crippen LogP contribution in [0.2, 0.25) is 0 Å². The van der Waals surface area contributed by atoms with Crippen molar-refractivity contribution < 1.29 is 40.7 Å². The maximum Gasteiger partial charge on any atom is 0.471 e. The summed E-state index contributed by atoms with van der Waals surface area (Å²) in [5.41, 5.74) is -1.98. The lowest BCUT2D eigenvalue weighted by Crippen LogP contribution is -2.49. The highest BCUT2D eigenvalue weighted by atomic mass is 19.4. The molecule has 4 rings (SSSR count). The van der Waals surface area contributed by atoms with Crippen molar-refractivity contribution in [3.05, 3.63) is 42.0 Å². The molecule has 0 aromatic heterocycles. The molecule has 2 fully saturated rings. The molecule has 1 saturated heterocycles. The van der Waals surface area contributed by atoms with Crippen LogP contribution in [-0.4, -0.2) is 35.5 Å². The van der Waals surface area contributed by atoms with Crippen molar-refractivity contribution in [2.75, 3.05) is 11.6 Å². The van der Waals surface area contributed by atoms with Gasteiger partial charge < -0.3 is 0 Å². The Kier molecular flexibility index (Phi) is 4.48. The van der Waals surface area contributed by atoms with Crippen molar-refractivity contribution in [3.8, 4) is 0 Å². The molecule has 4 atom stereocenters. The minimum absolute atomic E-state index is 0.0125. The predicted octanol–water partition coefficient (Wildman–Crippen LogP) is 3.37. The molecule has 3 aliphatic rings. The zero-order chi connectivity index (χ0) is 22.0. The van der Waals surface area contributed by atoms with Crippen LogP contribution in [0.3, 0.4) is 0 Å². The molecule has 1 aromatic rings. The number of imide groups is 1. The summed E-state index contributed by atoms with van der Waals surface area (Å²) in [5, 5.41) is 0. The standard InChI is InChI=1S/C19H14F6N2O3/c20-18(21,22)11-2-1-3-12(7-11)26(17(30)19(23,24)25)8-27-15(28)13-9-4-5-10(6-9)14(13)16(27)29/h1-5,7,9-10,13-14H,6,8H2/t9-,10-,13+,14+/m1/s1. The summed E-state index contributed by atoms with van der Waals surface area (Å²) in [4.78, 5) is 38.0. The first kappa shape index (κ1) is 20.4. The number of hydrogen-bond acceptors (Lipinski definition) is 3. The Labute approximate surface area is 165 Å². The number of likely N-dealkylation sites (tertiary alicyclic amines) is 1. The Morgan fingerprint density at radius 2 is 1.57 bits per heavy atom. The topological polar surface area (TPSA) is 57.7 Å². The second kappa shape index (κ2) is 6.58. The minimum atomic E-state index is -5.42. The van der Waals surface area contributed by atoms with Gasteiger partial charge in [0.25, 0.3) is 0 Å². The van der Waals surface area contributed by atoms with Crippen LogP contribution in [0.4, 0.5) is 32.0 Å². The highest BCUT2D eigenvalue weighted by molar-refractivity contribution is 6.07. The highest BCUT2D eigenvalue weighted by Crippen LogP contribution is 2.52. The molecule has 5 nitrogen and oxygen atoms in total. The van der Waals surface area contributed by atoms with E-state index in [1.807, 2.05) is 0 Å². The van der Waals surface area contributed by atoms with Gasteiger partial charge in [0.15, 0.2) is 0 Å².